The maximum atomic E-state index is 14.0. The van der Waals surface area contributed by atoms with Gasteiger partial charge in [-0.1, -0.05) is 52.3 Å². The smallest absolute Gasteiger partial charge is 0.128 e. The lowest BCUT2D eigenvalue weighted by molar-refractivity contribution is 0.311. The summed E-state index contributed by atoms with van der Waals surface area (Å²) in [6.07, 6.45) is 0. The minimum atomic E-state index is -0.151. The van der Waals surface area contributed by atoms with Gasteiger partial charge in [0.1, 0.15) is 5.82 Å². The summed E-state index contributed by atoms with van der Waals surface area (Å²) >= 11 is 3.46. The molecule has 124 valence electrons. The quantitative estimate of drug-likeness (QED) is 0.835. The van der Waals surface area contributed by atoms with Crippen molar-refractivity contribution >= 4 is 28.3 Å². The molecule has 2 nitrogen and oxygen atoms in total. The predicted molar refractivity (Wildman–Crippen MR) is 98.4 cm³/mol. The molecule has 1 saturated heterocycles. The summed E-state index contributed by atoms with van der Waals surface area (Å²) in [7, 11) is 0. The van der Waals surface area contributed by atoms with Gasteiger partial charge in [-0.3, -0.25) is 4.90 Å². The van der Waals surface area contributed by atoms with Crippen molar-refractivity contribution in [3.63, 3.8) is 0 Å². The molecule has 2 N–H and O–H groups in total. The molecule has 5 heteroatoms. The molecule has 1 heterocycles. The molecular weight excluding hydrogens is 379 g/mol. The molecule has 1 aliphatic rings. The fourth-order valence-corrected chi connectivity index (χ4v) is 3.78. The summed E-state index contributed by atoms with van der Waals surface area (Å²) in [5.74, 6) is 0.700. The number of nitrogens with zero attached hydrogens (tertiary/aromatic N) is 1. The van der Waals surface area contributed by atoms with E-state index in [0.717, 1.165) is 23.1 Å². The Kier molecular flexibility index (Phi) is 6.60. The van der Waals surface area contributed by atoms with Gasteiger partial charge in [-0.05, 0) is 30.2 Å². The van der Waals surface area contributed by atoms with Crippen molar-refractivity contribution in [3.8, 4) is 0 Å². The normalized spacial score (nSPS) is 21.2. The van der Waals surface area contributed by atoms with Crippen LogP contribution in [0.4, 0.5) is 4.39 Å². The second kappa shape index (κ2) is 8.25. The van der Waals surface area contributed by atoms with E-state index in [4.69, 9.17) is 5.73 Å². The van der Waals surface area contributed by atoms with Gasteiger partial charge in [0.25, 0.3) is 0 Å². The standard InChI is InChI=1S/C18H20BrFN2.ClH/c19-17-7-4-8-18(20)16(17)12-22-10-14(9-21)15(11-22)13-5-2-1-3-6-13;/h1-8,14-15H,9-12,21H2;1H/t14-,15+;/m1./s1. The maximum absolute atomic E-state index is 14.0. The van der Waals surface area contributed by atoms with Gasteiger partial charge in [-0.25, -0.2) is 4.39 Å². The zero-order valence-corrected chi connectivity index (χ0v) is 15.2. The van der Waals surface area contributed by atoms with E-state index in [1.54, 1.807) is 6.07 Å². The van der Waals surface area contributed by atoms with Gasteiger partial charge >= 0.3 is 0 Å². The molecule has 0 unspecified atom stereocenters. The van der Waals surface area contributed by atoms with Crippen LogP contribution in [0.5, 0.6) is 0 Å². The summed E-state index contributed by atoms with van der Waals surface area (Å²) in [5.41, 5.74) is 8.02. The molecule has 2 aromatic carbocycles. The van der Waals surface area contributed by atoms with Crippen molar-refractivity contribution in [1.29, 1.82) is 0 Å². The first-order valence-electron chi connectivity index (χ1n) is 7.59. The summed E-state index contributed by atoms with van der Waals surface area (Å²) < 4.78 is 14.9. The van der Waals surface area contributed by atoms with Crippen molar-refractivity contribution in [2.24, 2.45) is 11.7 Å². The molecule has 23 heavy (non-hydrogen) atoms. The third-order valence-corrected chi connectivity index (χ3v) is 5.23. The van der Waals surface area contributed by atoms with Crippen molar-refractivity contribution in [1.82, 2.24) is 4.90 Å². The lowest BCUT2D eigenvalue weighted by Crippen LogP contribution is -2.23. The van der Waals surface area contributed by atoms with E-state index >= 15 is 0 Å². The minimum absolute atomic E-state index is 0. The van der Waals surface area contributed by atoms with Crippen LogP contribution in [0.25, 0.3) is 0 Å². The van der Waals surface area contributed by atoms with Crippen LogP contribution >= 0.6 is 28.3 Å². The monoisotopic (exact) mass is 398 g/mol. The molecular formula is C18H21BrClFN2. The number of benzene rings is 2. The van der Waals surface area contributed by atoms with Gasteiger partial charge in [0.2, 0.25) is 0 Å². The highest BCUT2D eigenvalue weighted by atomic mass is 79.9. The summed E-state index contributed by atoms with van der Waals surface area (Å²) in [6.45, 7) is 3.12. The fourth-order valence-electron chi connectivity index (χ4n) is 3.31. The van der Waals surface area contributed by atoms with Crippen LogP contribution in [-0.2, 0) is 6.54 Å². The highest BCUT2D eigenvalue weighted by molar-refractivity contribution is 9.10. The van der Waals surface area contributed by atoms with Crippen LogP contribution in [0.2, 0.25) is 0 Å². The summed E-state index contributed by atoms with van der Waals surface area (Å²) in [4.78, 5) is 2.30. The maximum Gasteiger partial charge on any atom is 0.128 e. The van der Waals surface area contributed by atoms with Crippen LogP contribution in [0.3, 0.4) is 0 Å². The molecule has 0 aromatic heterocycles. The zero-order valence-electron chi connectivity index (χ0n) is 12.8. The van der Waals surface area contributed by atoms with E-state index in [1.807, 2.05) is 12.1 Å². The molecule has 1 fully saturated rings. The Morgan fingerprint density at radius 2 is 1.83 bits per heavy atom. The average Bonchev–Trinajstić information content (AvgIpc) is 2.95. The fraction of sp³-hybridized carbons (Fsp3) is 0.333. The van der Waals surface area contributed by atoms with Gasteiger partial charge in [0.05, 0.1) is 0 Å². The number of likely N-dealkylation sites (tertiary alicyclic amines) is 1. The first-order valence-corrected chi connectivity index (χ1v) is 8.38. The number of halogens is 3. The van der Waals surface area contributed by atoms with Crippen LogP contribution < -0.4 is 5.73 Å². The van der Waals surface area contributed by atoms with Crippen molar-refractivity contribution in [3.05, 3.63) is 69.9 Å². The van der Waals surface area contributed by atoms with Crippen molar-refractivity contribution < 1.29 is 4.39 Å². The highest BCUT2D eigenvalue weighted by Gasteiger charge is 2.33. The van der Waals surface area contributed by atoms with Crippen LogP contribution in [0.1, 0.15) is 17.0 Å². The van der Waals surface area contributed by atoms with Crippen LogP contribution in [-0.4, -0.2) is 24.5 Å². The zero-order chi connectivity index (χ0) is 15.5. The predicted octanol–water partition coefficient (Wildman–Crippen LogP) is 4.18. The Bertz CT molecular complexity index is 618. The van der Waals surface area contributed by atoms with Gasteiger partial charge in [-0.2, -0.15) is 0 Å². The number of hydrogen-bond acceptors (Lipinski definition) is 2. The van der Waals surface area contributed by atoms with Gasteiger partial charge in [0, 0.05) is 35.6 Å². The third kappa shape index (κ3) is 4.13. The third-order valence-electron chi connectivity index (χ3n) is 4.49. The Labute approximate surface area is 151 Å². The number of hydrogen-bond donors (Lipinski definition) is 1. The van der Waals surface area contributed by atoms with Gasteiger partial charge < -0.3 is 5.73 Å². The SMILES string of the molecule is Cl.NC[C@@H]1CN(Cc2c(F)cccc2Br)C[C@H]1c1ccccc1. The molecule has 3 rings (SSSR count). The molecule has 2 atom stereocenters. The van der Waals surface area contributed by atoms with Crippen molar-refractivity contribution in [2.75, 3.05) is 19.6 Å². The Morgan fingerprint density at radius 1 is 1.09 bits per heavy atom. The first kappa shape index (κ1) is 18.4. The molecule has 0 bridgehead atoms. The van der Waals surface area contributed by atoms with E-state index in [9.17, 15) is 4.39 Å². The molecule has 2 aromatic rings. The lowest BCUT2D eigenvalue weighted by Gasteiger charge is -2.17. The Morgan fingerprint density at radius 3 is 2.48 bits per heavy atom. The Balaban J connectivity index is 0.00000192. The number of nitrogens with two attached hydrogens (primary N) is 1. The Hall–Kier alpha value is -0.940. The van der Waals surface area contributed by atoms with E-state index in [2.05, 4.69) is 45.1 Å². The van der Waals surface area contributed by atoms with Gasteiger partial charge in [0.15, 0.2) is 0 Å². The summed E-state index contributed by atoms with van der Waals surface area (Å²) in [5, 5.41) is 0. The largest absolute Gasteiger partial charge is 0.330 e. The molecule has 0 amide bonds. The molecule has 0 radical (unpaired) electrons. The van der Waals surface area contributed by atoms with E-state index < -0.39 is 0 Å². The van der Waals surface area contributed by atoms with E-state index in [1.165, 1.54) is 11.6 Å². The molecule has 0 saturated carbocycles. The van der Waals surface area contributed by atoms with Gasteiger partial charge in [-0.15, -0.1) is 12.4 Å². The minimum Gasteiger partial charge on any atom is -0.330 e. The second-order valence-electron chi connectivity index (χ2n) is 5.91. The molecule has 1 aliphatic heterocycles. The van der Waals surface area contributed by atoms with E-state index in [-0.39, 0.29) is 18.2 Å². The van der Waals surface area contributed by atoms with Crippen LogP contribution in [0, 0.1) is 11.7 Å². The average molecular weight is 400 g/mol. The lowest BCUT2D eigenvalue weighted by atomic mass is 9.89. The number of rotatable bonds is 4. The molecule has 0 spiro atoms. The summed E-state index contributed by atoms with van der Waals surface area (Å²) in [6, 6.07) is 15.6. The van der Waals surface area contributed by atoms with E-state index in [0.29, 0.717) is 24.9 Å². The van der Waals surface area contributed by atoms with Crippen molar-refractivity contribution in [2.45, 2.75) is 12.5 Å². The molecule has 0 aliphatic carbocycles. The highest BCUT2D eigenvalue weighted by Crippen LogP contribution is 2.33. The topological polar surface area (TPSA) is 29.3 Å². The second-order valence-corrected chi connectivity index (χ2v) is 6.76. The van der Waals surface area contributed by atoms with Crippen LogP contribution in [0.15, 0.2) is 53.0 Å². The first-order chi connectivity index (χ1) is 10.7.